The SMILES string of the molecule is O=C1Cc2ncc(NCC(=O)N3CCN(c4ccc(Cl)c(F)c4)CC3)cc2O1. The molecule has 2 aliphatic rings. The molecule has 9 heteroatoms. The number of carbonyl (C=O) groups is 2. The van der Waals surface area contributed by atoms with Gasteiger partial charge in [-0.3, -0.25) is 14.6 Å². The Balaban J connectivity index is 1.29. The van der Waals surface area contributed by atoms with Crippen LogP contribution in [0.5, 0.6) is 5.75 Å². The van der Waals surface area contributed by atoms with Crippen LogP contribution in [-0.4, -0.2) is 54.5 Å². The Hall–Kier alpha value is -2.87. The minimum atomic E-state index is -0.449. The van der Waals surface area contributed by atoms with E-state index in [1.54, 1.807) is 23.2 Å². The van der Waals surface area contributed by atoms with Crippen LogP contribution in [0.2, 0.25) is 5.02 Å². The molecule has 0 saturated carbocycles. The standard InChI is InChI=1S/C19H18ClFN4O3/c20-14-2-1-13(8-15(14)21)24-3-5-25(6-4-24)18(26)11-22-12-7-17-16(23-10-12)9-19(27)28-17/h1-2,7-8,10,22H,3-6,9,11H2. The molecule has 0 bridgehead atoms. The minimum absolute atomic E-state index is 0.0422. The smallest absolute Gasteiger partial charge is 0.317 e. The normalized spacial score (nSPS) is 16.0. The molecule has 1 saturated heterocycles. The zero-order valence-corrected chi connectivity index (χ0v) is 15.7. The van der Waals surface area contributed by atoms with E-state index in [1.807, 2.05) is 4.90 Å². The summed E-state index contributed by atoms with van der Waals surface area (Å²) in [6.07, 6.45) is 1.76. The van der Waals surface area contributed by atoms with Crippen molar-refractivity contribution in [2.24, 2.45) is 0 Å². The molecule has 0 atom stereocenters. The molecule has 0 spiro atoms. The Morgan fingerprint density at radius 3 is 2.79 bits per heavy atom. The van der Waals surface area contributed by atoms with Gasteiger partial charge in [0.05, 0.1) is 35.6 Å². The highest BCUT2D eigenvalue weighted by molar-refractivity contribution is 6.30. The summed E-state index contributed by atoms with van der Waals surface area (Å²) in [6.45, 7) is 2.44. The number of carbonyl (C=O) groups excluding carboxylic acids is 2. The number of hydrogen-bond acceptors (Lipinski definition) is 6. The van der Waals surface area contributed by atoms with Crippen molar-refractivity contribution in [3.05, 3.63) is 47.0 Å². The van der Waals surface area contributed by atoms with Crippen LogP contribution < -0.4 is 15.0 Å². The van der Waals surface area contributed by atoms with Crippen molar-refractivity contribution in [1.82, 2.24) is 9.88 Å². The van der Waals surface area contributed by atoms with E-state index in [0.29, 0.717) is 43.3 Å². The number of ether oxygens (including phenoxy) is 1. The number of benzene rings is 1. The lowest BCUT2D eigenvalue weighted by molar-refractivity contribution is -0.132. The molecule has 4 rings (SSSR count). The summed E-state index contributed by atoms with van der Waals surface area (Å²) in [7, 11) is 0. The quantitative estimate of drug-likeness (QED) is 0.787. The van der Waals surface area contributed by atoms with E-state index in [1.165, 1.54) is 12.1 Å². The summed E-state index contributed by atoms with van der Waals surface area (Å²) in [5.74, 6) is -0.379. The van der Waals surface area contributed by atoms with E-state index in [9.17, 15) is 14.0 Å². The first kappa shape index (κ1) is 18.5. The summed E-state index contributed by atoms with van der Waals surface area (Å²) in [4.78, 5) is 31.7. The number of piperazine rings is 1. The third-order valence-electron chi connectivity index (χ3n) is 4.81. The van der Waals surface area contributed by atoms with Crippen LogP contribution >= 0.6 is 11.6 Å². The molecule has 3 heterocycles. The van der Waals surface area contributed by atoms with Crippen LogP contribution in [0.4, 0.5) is 15.8 Å². The topological polar surface area (TPSA) is 74.8 Å². The van der Waals surface area contributed by atoms with E-state index in [4.69, 9.17) is 16.3 Å². The van der Waals surface area contributed by atoms with Gasteiger partial charge < -0.3 is 19.9 Å². The third-order valence-corrected chi connectivity index (χ3v) is 5.12. The maximum Gasteiger partial charge on any atom is 0.317 e. The van der Waals surface area contributed by atoms with Crippen molar-refractivity contribution < 1.29 is 18.7 Å². The van der Waals surface area contributed by atoms with Crippen molar-refractivity contribution in [3.63, 3.8) is 0 Å². The van der Waals surface area contributed by atoms with Crippen LogP contribution in [0.1, 0.15) is 5.69 Å². The highest BCUT2D eigenvalue weighted by atomic mass is 35.5. The Morgan fingerprint density at radius 2 is 2.04 bits per heavy atom. The number of halogens is 2. The second-order valence-corrected chi connectivity index (χ2v) is 7.05. The average Bonchev–Trinajstić information content (AvgIpc) is 3.07. The molecule has 1 aromatic carbocycles. The molecule has 0 radical (unpaired) electrons. The molecule has 0 unspecified atom stereocenters. The maximum absolute atomic E-state index is 13.6. The van der Waals surface area contributed by atoms with Gasteiger partial charge in [0.2, 0.25) is 5.91 Å². The molecule has 1 N–H and O–H groups in total. The Kier molecular flexibility index (Phi) is 5.04. The maximum atomic E-state index is 13.6. The molecule has 7 nitrogen and oxygen atoms in total. The van der Waals surface area contributed by atoms with Crippen LogP contribution in [0.15, 0.2) is 30.5 Å². The molecule has 1 amide bonds. The predicted octanol–water partition coefficient (Wildman–Crippen LogP) is 2.10. The van der Waals surface area contributed by atoms with Gasteiger partial charge in [0.1, 0.15) is 5.82 Å². The first-order valence-corrected chi connectivity index (χ1v) is 9.28. The summed E-state index contributed by atoms with van der Waals surface area (Å²) >= 11 is 5.73. The van der Waals surface area contributed by atoms with Crippen molar-refractivity contribution in [2.75, 3.05) is 42.9 Å². The zero-order valence-electron chi connectivity index (χ0n) is 15.0. The molecule has 1 fully saturated rings. The van der Waals surface area contributed by atoms with Gasteiger partial charge in [-0.2, -0.15) is 0 Å². The van der Waals surface area contributed by atoms with Crippen LogP contribution in [0.3, 0.4) is 0 Å². The molecule has 0 aliphatic carbocycles. The third kappa shape index (κ3) is 3.87. The zero-order chi connectivity index (χ0) is 19.7. The van der Waals surface area contributed by atoms with Crippen LogP contribution in [0, 0.1) is 5.82 Å². The monoisotopic (exact) mass is 404 g/mol. The Morgan fingerprint density at radius 1 is 1.25 bits per heavy atom. The fourth-order valence-electron chi connectivity index (χ4n) is 3.27. The first-order valence-electron chi connectivity index (χ1n) is 8.91. The Bertz CT molecular complexity index is 931. The van der Waals surface area contributed by atoms with E-state index in [2.05, 4.69) is 10.3 Å². The molecule has 2 aliphatic heterocycles. The second-order valence-electron chi connectivity index (χ2n) is 6.64. The lowest BCUT2D eigenvalue weighted by atomic mass is 10.2. The van der Waals surface area contributed by atoms with Gasteiger partial charge in [-0.25, -0.2) is 4.39 Å². The van der Waals surface area contributed by atoms with E-state index in [-0.39, 0.29) is 29.9 Å². The number of amides is 1. The number of pyridine rings is 1. The van der Waals surface area contributed by atoms with Gasteiger partial charge in [-0.15, -0.1) is 0 Å². The highest BCUT2D eigenvalue weighted by Crippen LogP contribution is 2.27. The number of nitrogens with zero attached hydrogens (tertiary/aromatic N) is 3. The van der Waals surface area contributed by atoms with Crippen molar-refractivity contribution in [2.45, 2.75) is 6.42 Å². The molecule has 1 aromatic heterocycles. The summed E-state index contributed by atoms with van der Waals surface area (Å²) in [6, 6.07) is 6.40. The number of rotatable bonds is 4. The number of nitrogens with one attached hydrogen (secondary N) is 1. The van der Waals surface area contributed by atoms with Gasteiger partial charge in [0.15, 0.2) is 5.75 Å². The molecule has 146 valence electrons. The average molecular weight is 405 g/mol. The lowest BCUT2D eigenvalue weighted by Crippen LogP contribution is -2.50. The summed E-state index contributed by atoms with van der Waals surface area (Å²) < 4.78 is 18.7. The number of anilines is 2. The number of esters is 1. The van der Waals surface area contributed by atoms with Gasteiger partial charge in [-0.05, 0) is 18.2 Å². The molecular weight excluding hydrogens is 387 g/mol. The fraction of sp³-hybridized carbons (Fsp3) is 0.316. The summed E-state index contributed by atoms with van der Waals surface area (Å²) in [5.41, 5.74) is 1.99. The van der Waals surface area contributed by atoms with Gasteiger partial charge >= 0.3 is 5.97 Å². The minimum Gasteiger partial charge on any atom is -0.424 e. The van der Waals surface area contributed by atoms with E-state index >= 15 is 0 Å². The molecule has 2 aromatic rings. The van der Waals surface area contributed by atoms with Gasteiger partial charge in [0.25, 0.3) is 0 Å². The number of hydrogen-bond donors (Lipinski definition) is 1. The predicted molar refractivity (Wildman–Crippen MR) is 102 cm³/mol. The van der Waals surface area contributed by atoms with Gasteiger partial charge in [-0.1, -0.05) is 11.6 Å². The van der Waals surface area contributed by atoms with Crippen LogP contribution in [0.25, 0.3) is 0 Å². The van der Waals surface area contributed by atoms with Crippen molar-refractivity contribution in [1.29, 1.82) is 0 Å². The fourth-order valence-corrected chi connectivity index (χ4v) is 3.39. The van der Waals surface area contributed by atoms with Gasteiger partial charge in [0, 0.05) is 37.9 Å². The molecular formula is C19H18ClFN4O3. The number of fused-ring (bicyclic) bond motifs is 1. The van der Waals surface area contributed by atoms with Crippen molar-refractivity contribution in [3.8, 4) is 5.75 Å². The lowest BCUT2D eigenvalue weighted by Gasteiger charge is -2.36. The van der Waals surface area contributed by atoms with Crippen molar-refractivity contribution >= 4 is 34.9 Å². The van der Waals surface area contributed by atoms with E-state index in [0.717, 1.165) is 5.69 Å². The summed E-state index contributed by atoms with van der Waals surface area (Å²) in [5, 5.41) is 3.12. The first-order chi connectivity index (χ1) is 13.5. The largest absolute Gasteiger partial charge is 0.424 e. The Labute approximate surface area is 166 Å². The second kappa shape index (κ2) is 7.63. The van der Waals surface area contributed by atoms with E-state index < -0.39 is 5.82 Å². The highest BCUT2D eigenvalue weighted by Gasteiger charge is 2.23. The van der Waals surface area contributed by atoms with Crippen LogP contribution in [-0.2, 0) is 16.0 Å². The number of aromatic nitrogens is 1. The molecule has 28 heavy (non-hydrogen) atoms.